The van der Waals surface area contributed by atoms with Crippen molar-refractivity contribution in [2.75, 3.05) is 11.9 Å². The molecule has 0 bridgehead atoms. The molecule has 0 radical (unpaired) electrons. The van der Waals surface area contributed by atoms with Crippen LogP contribution in [-0.4, -0.2) is 23.4 Å². The van der Waals surface area contributed by atoms with Crippen LogP contribution >= 0.6 is 0 Å². The molecule has 32 heavy (non-hydrogen) atoms. The molecule has 166 valence electrons. The summed E-state index contributed by atoms with van der Waals surface area (Å²) < 4.78 is 32.6. The minimum absolute atomic E-state index is 0.118. The number of hydrogen-bond acceptors (Lipinski definition) is 3. The van der Waals surface area contributed by atoms with Gasteiger partial charge in [0.1, 0.15) is 17.4 Å². The first-order valence-corrected chi connectivity index (χ1v) is 10.4. The van der Waals surface area contributed by atoms with Crippen LogP contribution in [0.15, 0.2) is 71.3 Å². The average Bonchev–Trinajstić information content (AvgIpc) is 3.33. The monoisotopic (exact) mass is 439 g/mol. The van der Waals surface area contributed by atoms with Gasteiger partial charge in [-0.2, -0.15) is 0 Å². The van der Waals surface area contributed by atoms with Gasteiger partial charge in [0.05, 0.1) is 30.5 Å². The first-order valence-electron chi connectivity index (χ1n) is 10.4. The smallest absolute Gasteiger partial charge is 0.322 e. The summed E-state index contributed by atoms with van der Waals surface area (Å²) in [6.45, 7) is 0.426. The third-order valence-corrected chi connectivity index (χ3v) is 5.59. The maximum atomic E-state index is 14.1. The third kappa shape index (κ3) is 4.96. The van der Waals surface area contributed by atoms with Gasteiger partial charge in [0.25, 0.3) is 0 Å². The number of furan rings is 1. The van der Waals surface area contributed by atoms with Crippen molar-refractivity contribution >= 4 is 17.6 Å². The molecule has 2 heterocycles. The fourth-order valence-electron chi connectivity index (χ4n) is 3.94. The number of carbonyl (C=O) groups excluding carboxylic acids is 2. The Morgan fingerprint density at radius 1 is 1.03 bits per heavy atom. The van der Waals surface area contributed by atoms with Crippen molar-refractivity contribution in [2.24, 2.45) is 5.92 Å². The lowest BCUT2D eigenvalue weighted by Gasteiger charge is -2.39. The topological polar surface area (TPSA) is 74.6 Å². The first kappa shape index (κ1) is 21.5. The van der Waals surface area contributed by atoms with Crippen LogP contribution in [0.5, 0.6) is 0 Å². The van der Waals surface area contributed by atoms with Gasteiger partial charge in [0.15, 0.2) is 0 Å². The number of nitrogens with zero attached hydrogens (tertiary/aromatic N) is 1. The van der Waals surface area contributed by atoms with Gasteiger partial charge in [0.2, 0.25) is 5.91 Å². The van der Waals surface area contributed by atoms with E-state index in [0.717, 1.165) is 11.6 Å². The van der Waals surface area contributed by atoms with Crippen LogP contribution in [0.1, 0.15) is 30.2 Å². The number of hydrogen-bond donors (Lipinski definition) is 2. The Labute approximate surface area is 184 Å². The molecule has 1 fully saturated rings. The summed E-state index contributed by atoms with van der Waals surface area (Å²) in [5, 5.41) is 5.36. The maximum Gasteiger partial charge on any atom is 0.322 e. The van der Waals surface area contributed by atoms with E-state index in [1.807, 2.05) is 30.3 Å². The van der Waals surface area contributed by atoms with Crippen molar-refractivity contribution in [3.05, 3.63) is 89.9 Å². The minimum Gasteiger partial charge on any atom is -0.467 e. The lowest BCUT2D eigenvalue weighted by Crippen LogP contribution is -2.48. The van der Waals surface area contributed by atoms with Gasteiger partial charge in [0, 0.05) is 12.6 Å². The van der Waals surface area contributed by atoms with Gasteiger partial charge in [-0.25, -0.2) is 13.6 Å². The Bertz CT molecular complexity index is 1070. The Morgan fingerprint density at radius 3 is 2.56 bits per heavy atom. The molecule has 0 spiro atoms. The van der Waals surface area contributed by atoms with Gasteiger partial charge < -0.3 is 20.0 Å². The summed E-state index contributed by atoms with van der Waals surface area (Å²) in [7, 11) is 0. The summed E-state index contributed by atoms with van der Waals surface area (Å²) in [5.74, 6) is -1.56. The molecule has 0 aliphatic carbocycles. The normalized spacial score (nSPS) is 18.2. The number of nitrogens with one attached hydrogen (secondary N) is 2. The predicted molar refractivity (Wildman–Crippen MR) is 115 cm³/mol. The van der Waals surface area contributed by atoms with Crippen LogP contribution in [0.2, 0.25) is 0 Å². The number of rotatable bonds is 5. The molecule has 2 aromatic carbocycles. The van der Waals surface area contributed by atoms with Crippen molar-refractivity contribution in [2.45, 2.75) is 25.4 Å². The highest BCUT2D eigenvalue weighted by Gasteiger charge is 2.35. The standard InChI is InChI=1S/C24H23F2N3O3/c25-18-9-10-21(20(26)13-18)28-24(31)29-15-17(23(30)27-14-19-7-4-12-32-19)8-11-22(29)16-5-2-1-3-6-16/h1-7,9-10,12-13,17,22H,8,11,14-15H2,(H,27,30)(H,28,31)/t17-,22+/m0/s1. The van der Waals surface area contributed by atoms with E-state index in [1.54, 1.807) is 17.0 Å². The van der Waals surface area contributed by atoms with Gasteiger partial charge >= 0.3 is 6.03 Å². The van der Waals surface area contributed by atoms with E-state index in [2.05, 4.69) is 10.6 Å². The summed E-state index contributed by atoms with van der Waals surface area (Å²) in [4.78, 5) is 27.4. The lowest BCUT2D eigenvalue weighted by molar-refractivity contribution is -0.127. The van der Waals surface area contributed by atoms with E-state index >= 15 is 0 Å². The van der Waals surface area contributed by atoms with Gasteiger partial charge in [-0.05, 0) is 42.7 Å². The second-order valence-corrected chi connectivity index (χ2v) is 7.70. The molecule has 8 heteroatoms. The van der Waals surface area contributed by atoms with Crippen molar-refractivity contribution < 1.29 is 22.8 Å². The average molecular weight is 439 g/mol. The summed E-state index contributed by atoms with van der Waals surface area (Å²) in [5.41, 5.74) is 0.810. The molecular weight excluding hydrogens is 416 g/mol. The fourth-order valence-corrected chi connectivity index (χ4v) is 3.94. The quantitative estimate of drug-likeness (QED) is 0.596. The van der Waals surface area contributed by atoms with Crippen molar-refractivity contribution in [1.29, 1.82) is 0 Å². The van der Waals surface area contributed by atoms with Crippen molar-refractivity contribution in [3.8, 4) is 0 Å². The van der Waals surface area contributed by atoms with Crippen LogP contribution in [-0.2, 0) is 11.3 Å². The van der Waals surface area contributed by atoms with E-state index < -0.39 is 23.6 Å². The van der Waals surface area contributed by atoms with Crippen LogP contribution in [0, 0.1) is 17.6 Å². The largest absolute Gasteiger partial charge is 0.467 e. The molecule has 1 aromatic heterocycles. The molecule has 3 aromatic rings. The Hall–Kier alpha value is -3.68. The number of carbonyl (C=O) groups is 2. The van der Waals surface area contributed by atoms with E-state index in [4.69, 9.17) is 4.42 Å². The molecule has 2 N–H and O–H groups in total. The Balaban J connectivity index is 1.50. The zero-order valence-electron chi connectivity index (χ0n) is 17.3. The van der Waals surface area contributed by atoms with E-state index in [0.29, 0.717) is 24.7 Å². The van der Waals surface area contributed by atoms with E-state index in [-0.39, 0.29) is 30.7 Å². The highest BCUT2D eigenvalue weighted by atomic mass is 19.1. The van der Waals surface area contributed by atoms with Crippen LogP contribution in [0.4, 0.5) is 19.3 Å². The Kier molecular flexibility index (Phi) is 6.49. The summed E-state index contributed by atoms with van der Waals surface area (Å²) >= 11 is 0. The van der Waals surface area contributed by atoms with Gasteiger partial charge in [-0.15, -0.1) is 0 Å². The van der Waals surface area contributed by atoms with Crippen LogP contribution in [0.3, 0.4) is 0 Å². The number of benzene rings is 2. The minimum atomic E-state index is -0.862. The predicted octanol–water partition coefficient (Wildman–Crippen LogP) is 4.86. The molecule has 0 unspecified atom stereocenters. The zero-order valence-corrected chi connectivity index (χ0v) is 17.3. The molecule has 0 saturated carbocycles. The van der Waals surface area contributed by atoms with E-state index in [9.17, 15) is 18.4 Å². The van der Waals surface area contributed by atoms with E-state index in [1.165, 1.54) is 12.3 Å². The summed E-state index contributed by atoms with van der Waals surface area (Å²) in [6, 6.07) is 15.1. The second-order valence-electron chi connectivity index (χ2n) is 7.70. The number of anilines is 1. The Morgan fingerprint density at radius 2 is 1.84 bits per heavy atom. The van der Waals surface area contributed by atoms with Crippen molar-refractivity contribution in [3.63, 3.8) is 0 Å². The molecular formula is C24H23F2N3O3. The number of halogens is 2. The summed E-state index contributed by atoms with van der Waals surface area (Å²) in [6.07, 6.45) is 2.70. The SMILES string of the molecule is O=C(NCc1ccco1)[C@H]1CC[C@H](c2ccccc2)N(C(=O)Nc2ccc(F)cc2F)C1. The lowest BCUT2D eigenvalue weighted by atomic mass is 9.88. The molecule has 3 amide bonds. The van der Waals surface area contributed by atoms with Gasteiger partial charge in [-0.3, -0.25) is 4.79 Å². The fraction of sp³-hybridized carbons (Fsp3) is 0.250. The van der Waals surface area contributed by atoms with Gasteiger partial charge in [-0.1, -0.05) is 30.3 Å². The molecule has 1 aliphatic heterocycles. The molecule has 2 atom stereocenters. The molecule has 1 aliphatic rings. The number of amides is 3. The first-order chi connectivity index (χ1) is 15.5. The molecule has 1 saturated heterocycles. The molecule has 6 nitrogen and oxygen atoms in total. The van der Waals surface area contributed by atoms with Crippen LogP contribution < -0.4 is 10.6 Å². The third-order valence-electron chi connectivity index (χ3n) is 5.59. The maximum absolute atomic E-state index is 14.1. The van der Waals surface area contributed by atoms with Crippen LogP contribution in [0.25, 0.3) is 0 Å². The van der Waals surface area contributed by atoms with Crippen molar-refractivity contribution in [1.82, 2.24) is 10.2 Å². The number of urea groups is 1. The molecule has 4 rings (SSSR count). The highest BCUT2D eigenvalue weighted by molar-refractivity contribution is 5.90. The zero-order chi connectivity index (χ0) is 22.5. The number of piperidine rings is 1. The number of likely N-dealkylation sites (tertiary alicyclic amines) is 1. The second kappa shape index (κ2) is 9.64. The highest BCUT2D eigenvalue weighted by Crippen LogP contribution is 2.34.